The maximum Gasteiger partial charge on any atom is 0.220 e. The molecule has 0 bridgehead atoms. The minimum absolute atomic E-state index is 0.0583. The topological polar surface area (TPSA) is 96.9 Å². The summed E-state index contributed by atoms with van der Waals surface area (Å²) in [4.78, 5) is 12.0. The molecule has 1 atom stereocenters. The molecule has 0 radical (unpaired) electrons. The maximum atomic E-state index is 12.0. The van der Waals surface area contributed by atoms with Gasteiger partial charge in [0.2, 0.25) is 5.91 Å². The molecule has 0 aromatic heterocycles. The molecule has 1 heterocycles. The third kappa shape index (κ3) is 4.09. The second-order valence-corrected chi connectivity index (χ2v) is 5.00. The van der Waals surface area contributed by atoms with E-state index in [-0.39, 0.29) is 17.8 Å². The first-order valence-corrected chi connectivity index (χ1v) is 6.98. The quantitative estimate of drug-likeness (QED) is 0.282. The van der Waals surface area contributed by atoms with Crippen molar-refractivity contribution in [3.63, 3.8) is 0 Å². The number of nitrogens with zero attached hydrogens (tertiary/aromatic N) is 1. The average Bonchev–Trinajstić information content (AvgIpc) is 2.95. The molecule has 6 nitrogen and oxygen atoms in total. The van der Waals surface area contributed by atoms with Gasteiger partial charge in [0.15, 0.2) is 5.84 Å². The Balaban J connectivity index is 2.51. The Kier molecular flexibility index (Phi) is 6.08. The second kappa shape index (κ2) is 7.33. The van der Waals surface area contributed by atoms with Crippen LogP contribution in [0.15, 0.2) is 5.16 Å². The van der Waals surface area contributed by atoms with E-state index in [1.165, 1.54) is 0 Å². The smallest absolute Gasteiger partial charge is 0.220 e. The Bertz CT molecular complexity index is 321. The van der Waals surface area contributed by atoms with Gasteiger partial charge in [0.05, 0.1) is 6.10 Å². The van der Waals surface area contributed by atoms with Crippen molar-refractivity contribution in [3.8, 4) is 0 Å². The molecule has 110 valence electrons. The number of rotatable bonds is 7. The number of hydrogen-bond donors (Lipinski definition) is 3. The lowest BCUT2D eigenvalue weighted by atomic mass is 9.91. The van der Waals surface area contributed by atoms with Crippen LogP contribution in [0.2, 0.25) is 0 Å². The van der Waals surface area contributed by atoms with Crippen molar-refractivity contribution in [1.82, 2.24) is 5.32 Å². The van der Waals surface area contributed by atoms with E-state index in [0.717, 1.165) is 25.9 Å². The van der Waals surface area contributed by atoms with Crippen molar-refractivity contribution >= 4 is 11.7 Å². The molecule has 1 amide bonds. The summed E-state index contributed by atoms with van der Waals surface area (Å²) in [6.07, 6.45) is 4.62. The Morgan fingerprint density at radius 1 is 1.53 bits per heavy atom. The summed E-state index contributed by atoms with van der Waals surface area (Å²) in [7, 11) is 0. The van der Waals surface area contributed by atoms with Gasteiger partial charge in [-0.1, -0.05) is 19.0 Å². The molecule has 1 aliphatic heterocycles. The van der Waals surface area contributed by atoms with Crippen LogP contribution in [0.1, 0.15) is 52.4 Å². The highest BCUT2D eigenvalue weighted by Gasteiger charge is 2.33. The van der Waals surface area contributed by atoms with Gasteiger partial charge in [-0.25, -0.2) is 0 Å². The van der Waals surface area contributed by atoms with Crippen LogP contribution in [-0.4, -0.2) is 35.2 Å². The normalized spacial score (nSPS) is 20.5. The van der Waals surface area contributed by atoms with Crippen molar-refractivity contribution in [2.24, 2.45) is 10.9 Å². The lowest BCUT2D eigenvalue weighted by molar-refractivity contribution is -0.123. The van der Waals surface area contributed by atoms with Gasteiger partial charge in [0.25, 0.3) is 0 Å². The molecule has 19 heavy (non-hydrogen) atoms. The Hall–Kier alpha value is -1.30. The highest BCUT2D eigenvalue weighted by atomic mass is 16.5. The van der Waals surface area contributed by atoms with Crippen LogP contribution < -0.4 is 11.1 Å². The van der Waals surface area contributed by atoms with Gasteiger partial charge >= 0.3 is 0 Å². The van der Waals surface area contributed by atoms with Crippen molar-refractivity contribution in [2.45, 2.75) is 64.0 Å². The number of amidine groups is 1. The first-order valence-electron chi connectivity index (χ1n) is 6.98. The Morgan fingerprint density at radius 2 is 2.21 bits per heavy atom. The number of carbonyl (C=O) groups excluding carboxylic acids is 1. The SMILES string of the molecule is CCC(CC)(NC(=O)CCC1CCCO1)C(N)=NO. The summed E-state index contributed by atoms with van der Waals surface area (Å²) in [5.41, 5.74) is 4.95. The fourth-order valence-corrected chi connectivity index (χ4v) is 2.44. The molecule has 1 unspecified atom stereocenters. The molecule has 4 N–H and O–H groups in total. The van der Waals surface area contributed by atoms with E-state index in [1.807, 2.05) is 13.8 Å². The molecule has 1 saturated heterocycles. The fraction of sp³-hybridized carbons (Fsp3) is 0.846. The largest absolute Gasteiger partial charge is 0.409 e. The summed E-state index contributed by atoms with van der Waals surface area (Å²) in [6, 6.07) is 0. The zero-order valence-corrected chi connectivity index (χ0v) is 11.8. The summed E-state index contributed by atoms with van der Waals surface area (Å²) in [5.74, 6) is -0.0197. The molecule has 6 heteroatoms. The summed E-state index contributed by atoms with van der Waals surface area (Å²) in [5, 5.41) is 14.8. The average molecular weight is 271 g/mol. The summed E-state index contributed by atoms with van der Waals surface area (Å²) < 4.78 is 5.49. The molecule has 1 fully saturated rings. The molecule has 0 saturated carbocycles. The van der Waals surface area contributed by atoms with Gasteiger partial charge in [-0.2, -0.15) is 0 Å². The highest BCUT2D eigenvalue weighted by Crippen LogP contribution is 2.19. The fourth-order valence-electron chi connectivity index (χ4n) is 2.44. The van der Waals surface area contributed by atoms with Gasteiger partial charge < -0.3 is 21.0 Å². The van der Waals surface area contributed by atoms with Gasteiger partial charge in [0, 0.05) is 13.0 Å². The molecule has 0 aliphatic carbocycles. The molecule has 1 aliphatic rings. The zero-order valence-electron chi connectivity index (χ0n) is 11.8. The van der Waals surface area contributed by atoms with E-state index < -0.39 is 5.54 Å². The first-order chi connectivity index (χ1) is 9.07. The van der Waals surface area contributed by atoms with E-state index >= 15 is 0 Å². The molecule has 0 aromatic carbocycles. The third-order valence-electron chi connectivity index (χ3n) is 3.90. The summed E-state index contributed by atoms with van der Waals surface area (Å²) in [6.45, 7) is 4.61. The van der Waals surface area contributed by atoms with E-state index in [1.54, 1.807) is 0 Å². The van der Waals surface area contributed by atoms with Crippen LogP contribution in [-0.2, 0) is 9.53 Å². The number of amides is 1. The van der Waals surface area contributed by atoms with Gasteiger partial charge in [-0.3, -0.25) is 4.79 Å². The molecule has 0 spiro atoms. The van der Waals surface area contributed by atoms with Crippen LogP contribution >= 0.6 is 0 Å². The lowest BCUT2D eigenvalue weighted by Crippen LogP contribution is -2.56. The molecular weight excluding hydrogens is 246 g/mol. The van der Waals surface area contributed by atoms with Crippen LogP contribution in [0.25, 0.3) is 0 Å². The molecule has 0 aromatic rings. The minimum Gasteiger partial charge on any atom is -0.409 e. The van der Waals surface area contributed by atoms with Crippen molar-refractivity contribution in [3.05, 3.63) is 0 Å². The highest BCUT2D eigenvalue weighted by molar-refractivity contribution is 5.93. The number of carbonyl (C=O) groups is 1. The van der Waals surface area contributed by atoms with Crippen LogP contribution in [0.3, 0.4) is 0 Å². The number of hydrogen-bond acceptors (Lipinski definition) is 4. The van der Waals surface area contributed by atoms with Crippen LogP contribution in [0.5, 0.6) is 0 Å². The molecule has 1 rings (SSSR count). The summed E-state index contributed by atoms with van der Waals surface area (Å²) >= 11 is 0. The van der Waals surface area contributed by atoms with Crippen LogP contribution in [0, 0.1) is 0 Å². The van der Waals surface area contributed by atoms with Gasteiger partial charge in [0.1, 0.15) is 5.54 Å². The Labute approximate surface area is 114 Å². The van der Waals surface area contributed by atoms with E-state index in [2.05, 4.69) is 10.5 Å². The predicted octanol–water partition coefficient (Wildman–Crippen LogP) is 1.37. The van der Waals surface area contributed by atoms with E-state index in [0.29, 0.717) is 19.3 Å². The first kappa shape index (κ1) is 15.8. The van der Waals surface area contributed by atoms with Gasteiger partial charge in [-0.15, -0.1) is 0 Å². The number of nitrogens with one attached hydrogen (secondary N) is 1. The monoisotopic (exact) mass is 271 g/mol. The zero-order chi connectivity index (χ0) is 14.3. The van der Waals surface area contributed by atoms with E-state index in [4.69, 9.17) is 15.7 Å². The van der Waals surface area contributed by atoms with Crippen molar-refractivity contribution in [1.29, 1.82) is 0 Å². The minimum atomic E-state index is -0.748. The van der Waals surface area contributed by atoms with E-state index in [9.17, 15) is 4.79 Å². The van der Waals surface area contributed by atoms with Crippen LogP contribution in [0.4, 0.5) is 0 Å². The molecular formula is C13H25N3O3. The van der Waals surface area contributed by atoms with Crippen molar-refractivity contribution < 1.29 is 14.7 Å². The second-order valence-electron chi connectivity index (χ2n) is 5.00. The number of nitrogens with two attached hydrogens (primary N) is 1. The third-order valence-corrected chi connectivity index (χ3v) is 3.90. The van der Waals surface area contributed by atoms with Crippen molar-refractivity contribution in [2.75, 3.05) is 6.61 Å². The standard InChI is InChI=1S/C13H25N3O3/c1-3-13(4-2,12(14)16-18)15-11(17)8-7-10-6-5-9-19-10/h10,18H,3-9H2,1-2H3,(H2,14,16)(H,15,17). The predicted molar refractivity (Wildman–Crippen MR) is 73.1 cm³/mol. The van der Waals surface area contributed by atoms with Gasteiger partial charge in [-0.05, 0) is 32.1 Å². The Morgan fingerprint density at radius 3 is 2.68 bits per heavy atom. The maximum absolute atomic E-state index is 12.0. The lowest BCUT2D eigenvalue weighted by Gasteiger charge is -2.31. The number of ether oxygens (including phenoxy) is 1. The number of oxime groups is 1.